The Hall–Kier alpha value is -3.09. The van der Waals surface area contributed by atoms with Crippen molar-refractivity contribution in [1.29, 1.82) is 0 Å². The van der Waals surface area contributed by atoms with Crippen molar-refractivity contribution >= 4 is 45.1 Å². The number of nitrogens with zero attached hydrogens (tertiary/aromatic N) is 1. The summed E-state index contributed by atoms with van der Waals surface area (Å²) >= 11 is 0. The van der Waals surface area contributed by atoms with Crippen LogP contribution in [-0.4, -0.2) is 87.0 Å². The molecule has 0 aromatic rings. The summed E-state index contributed by atoms with van der Waals surface area (Å²) in [5.74, 6) is -1.56. The Morgan fingerprint density at radius 1 is 0.963 bits per heavy atom. The normalized spacial score (nSPS) is 30.5. The Kier molecular flexibility index (Phi) is 12.2. The molecule has 4 saturated carbocycles. The van der Waals surface area contributed by atoms with Crippen LogP contribution in [0, 0.1) is 23.2 Å². The standard InChI is InChI=1S/C41H65N5O7S/c1-6-8-17-30(33(47)35(49)42-24-7-2)43-34(48)32-28-18-21-40(22-23-40)29(28)25-46(32)36(50)31(27-15-11-9-12-16-27)44-37(51)45-41(19-13-10-14-20-41)26-54(38(52)53-54)39(3,4)5/h7,27-32H,2,6,8-26H2,1,3-5H3,(H,42,49)(H,43,48)(H2,44,45,51)/t28-,29-,30?,31-,32-/m0/s1. The van der Waals surface area contributed by atoms with Gasteiger partial charge in [0.05, 0.1) is 11.6 Å². The average molecular weight is 772 g/mol. The van der Waals surface area contributed by atoms with E-state index in [0.717, 1.165) is 96.3 Å². The topological polar surface area (TPSA) is 166 Å². The molecule has 2 unspecified atom stereocenters. The van der Waals surface area contributed by atoms with E-state index in [1.54, 1.807) is 4.90 Å². The van der Waals surface area contributed by atoms with Gasteiger partial charge in [0, 0.05) is 33.9 Å². The van der Waals surface area contributed by atoms with Gasteiger partial charge in [0.1, 0.15) is 12.1 Å². The SMILES string of the molecule is C=CCNC(=O)C(=O)C(CCCC)NC(=O)[C@@H]1[C@H]2CCC3(CC3)[C@H]2CN1C(=O)[C@@H](NC(=O)NC1(CS2(C(C)(C)C)OC2=O)CCCCC1)C1CCCCC1. The number of carbonyl (C=O) groups is 6. The van der Waals surface area contributed by atoms with Crippen molar-refractivity contribution in [3.05, 3.63) is 12.7 Å². The van der Waals surface area contributed by atoms with E-state index in [9.17, 15) is 24.0 Å². The Morgan fingerprint density at radius 3 is 2.22 bits per heavy atom. The van der Waals surface area contributed by atoms with E-state index in [-0.39, 0.29) is 45.7 Å². The molecule has 4 aliphatic carbocycles. The van der Waals surface area contributed by atoms with Gasteiger partial charge in [-0.15, -0.1) is 6.58 Å². The van der Waals surface area contributed by atoms with E-state index in [2.05, 4.69) is 27.8 Å². The summed E-state index contributed by atoms with van der Waals surface area (Å²) in [6, 6.07) is -3.02. The summed E-state index contributed by atoms with van der Waals surface area (Å²) < 4.78 is 5.42. The van der Waals surface area contributed by atoms with Crippen LogP contribution in [0.3, 0.4) is 0 Å². The maximum absolute atomic E-state index is 15.1. The first-order valence-corrected chi connectivity index (χ1v) is 22.6. The maximum atomic E-state index is 15.1. The Balaban J connectivity index is 1.25. The number of nitrogens with one attached hydrogen (secondary N) is 4. The Bertz CT molecular complexity index is 1480. The second-order valence-corrected chi connectivity index (χ2v) is 21.6. The monoisotopic (exact) mass is 771 g/mol. The van der Waals surface area contributed by atoms with Crippen LogP contribution in [0.4, 0.5) is 9.59 Å². The number of carbonyl (C=O) groups excluding carboxylic acids is 6. The lowest BCUT2D eigenvalue weighted by molar-refractivity contribution is -0.144. The van der Waals surface area contributed by atoms with Gasteiger partial charge in [-0.1, -0.05) is 64.4 Å². The van der Waals surface area contributed by atoms with Crippen LogP contribution in [0.2, 0.25) is 0 Å². The molecular formula is C41H65N5O7S. The fourth-order valence-electron chi connectivity index (χ4n) is 10.4. The van der Waals surface area contributed by atoms with Gasteiger partial charge >= 0.3 is 11.3 Å². The molecule has 0 bridgehead atoms. The second kappa shape index (κ2) is 16.2. The number of urea groups is 1. The lowest BCUT2D eigenvalue weighted by Gasteiger charge is -2.43. The number of fused-ring (bicyclic) bond motifs is 2. The number of rotatable bonds is 15. The third-order valence-electron chi connectivity index (χ3n) is 13.8. The van der Waals surface area contributed by atoms with E-state index in [0.29, 0.717) is 25.1 Å². The molecule has 54 heavy (non-hydrogen) atoms. The number of likely N-dealkylation sites (tertiary alicyclic amines) is 1. The number of amides is 5. The van der Waals surface area contributed by atoms with Crippen LogP contribution >= 0.6 is 10.3 Å². The van der Waals surface area contributed by atoms with Crippen molar-refractivity contribution in [2.75, 3.05) is 18.8 Å². The van der Waals surface area contributed by atoms with Crippen molar-refractivity contribution in [2.24, 2.45) is 23.2 Å². The zero-order valence-electron chi connectivity index (χ0n) is 33.1. The molecule has 1 spiro atoms. The first-order valence-electron chi connectivity index (χ1n) is 20.9. The number of hydrogen-bond acceptors (Lipinski definition) is 7. The van der Waals surface area contributed by atoms with E-state index < -0.39 is 57.6 Å². The smallest absolute Gasteiger partial charge is 0.394 e. The fourth-order valence-corrected chi connectivity index (χ4v) is 13.3. The minimum absolute atomic E-state index is 0.0491. The van der Waals surface area contributed by atoms with Crippen molar-refractivity contribution < 1.29 is 33.0 Å². The summed E-state index contributed by atoms with van der Waals surface area (Å²) in [5, 5.41) is 11.8. The highest BCUT2D eigenvalue weighted by Gasteiger charge is 2.65. The molecule has 2 saturated heterocycles. The minimum Gasteiger partial charge on any atom is -0.395 e. The molecule has 5 amide bonds. The van der Waals surface area contributed by atoms with Crippen molar-refractivity contribution in [1.82, 2.24) is 26.2 Å². The Morgan fingerprint density at radius 2 is 1.63 bits per heavy atom. The number of ketones is 1. The number of unbranched alkanes of at least 4 members (excludes halogenated alkanes) is 1. The molecule has 6 fully saturated rings. The third kappa shape index (κ3) is 8.21. The molecule has 6 atom stereocenters. The maximum Gasteiger partial charge on any atom is 0.394 e. The van der Waals surface area contributed by atoms with Gasteiger partial charge in [0.15, 0.2) is 0 Å². The van der Waals surface area contributed by atoms with Crippen LogP contribution in [0.25, 0.3) is 0 Å². The highest BCUT2D eigenvalue weighted by molar-refractivity contribution is 8.49. The molecule has 0 radical (unpaired) electrons. The molecule has 2 heterocycles. The molecule has 0 aromatic heterocycles. The molecule has 12 nitrogen and oxygen atoms in total. The predicted octanol–water partition coefficient (Wildman–Crippen LogP) is 6.17. The van der Waals surface area contributed by atoms with Crippen molar-refractivity contribution in [3.8, 4) is 0 Å². The van der Waals surface area contributed by atoms with E-state index >= 15 is 4.79 Å². The molecular weight excluding hydrogens is 707 g/mol. The molecule has 302 valence electrons. The molecule has 13 heteroatoms. The largest absolute Gasteiger partial charge is 0.395 e. The lowest BCUT2D eigenvalue weighted by atomic mass is 9.82. The molecule has 0 aromatic carbocycles. The number of Topliss-reactive ketones (excluding diaryl/α,β-unsaturated/α-hetero) is 1. The van der Waals surface area contributed by atoms with Gasteiger partial charge in [-0.3, -0.25) is 19.2 Å². The highest BCUT2D eigenvalue weighted by atomic mass is 32.3. The zero-order chi connectivity index (χ0) is 38.9. The van der Waals surface area contributed by atoms with E-state index in [1.807, 2.05) is 27.7 Å². The van der Waals surface area contributed by atoms with Gasteiger partial charge in [-0.25, -0.2) is 9.59 Å². The quantitative estimate of drug-likeness (QED) is 0.0878. The molecule has 4 N–H and O–H groups in total. The zero-order valence-corrected chi connectivity index (χ0v) is 33.9. The van der Waals surface area contributed by atoms with Crippen LogP contribution in [0.15, 0.2) is 12.7 Å². The summed E-state index contributed by atoms with van der Waals surface area (Å²) in [4.78, 5) is 84.4. The van der Waals surface area contributed by atoms with Crippen LogP contribution in [0.5, 0.6) is 0 Å². The first kappa shape index (κ1) is 40.6. The van der Waals surface area contributed by atoms with Gasteiger partial charge in [0.25, 0.3) is 5.91 Å². The molecule has 6 aliphatic rings. The van der Waals surface area contributed by atoms with Crippen molar-refractivity contribution in [3.63, 3.8) is 0 Å². The molecule has 2 aliphatic heterocycles. The van der Waals surface area contributed by atoms with Crippen LogP contribution < -0.4 is 21.3 Å². The van der Waals surface area contributed by atoms with Crippen LogP contribution in [-0.2, 0) is 23.4 Å². The second-order valence-electron chi connectivity index (χ2n) is 18.3. The van der Waals surface area contributed by atoms with Crippen molar-refractivity contribution in [2.45, 2.75) is 165 Å². The van der Waals surface area contributed by atoms with Gasteiger partial charge in [-0.2, -0.15) is 0 Å². The lowest BCUT2D eigenvalue weighted by Crippen LogP contribution is -2.62. The Labute approximate surface area is 323 Å². The fraction of sp³-hybridized carbons (Fsp3) is 0.805. The summed E-state index contributed by atoms with van der Waals surface area (Å²) in [6.45, 7) is 12.3. The highest BCUT2D eigenvalue weighted by Crippen LogP contribution is 2.75. The minimum atomic E-state index is -2.03. The van der Waals surface area contributed by atoms with Crippen LogP contribution in [0.1, 0.15) is 137 Å². The number of hydrogen-bond donors (Lipinski definition) is 4. The first-order chi connectivity index (χ1) is 25.7. The predicted molar refractivity (Wildman–Crippen MR) is 210 cm³/mol. The van der Waals surface area contributed by atoms with Gasteiger partial charge in [0.2, 0.25) is 17.6 Å². The average Bonchev–Trinajstić information content (AvgIpc) is 3.98. The summed E-state index contributed by atoms with van der Waals surface area (Å²) in [7, 11) is -2.03. The molecule has 6 rings (SSSR count). The van der Waals surface area contributed by atoms with Gasteiger partial charge in [-0.05, 0) is 102 Å². The van der Waals surface area contributed by atoms with E-state index in [4.69, 9.17) is 4.18 Å². The summed E-state index contributed by atoms with van der Waals surface area (Å²) in [5.41, 5.74) is -0.465. The summed E-state index contributed by atoms with van der Waals surface area (Å²) in [6.07, 6.45) is 16.3. The third-order valence-corrected chi connectivity index (χ3v) is 17.6. The van der Waals surface area contributed by atoms with Gasteiger partial charge < -0.3 is 30.4 Å². The van der Waals surface area contributed by atoms with E-state index in [1.165, 1.54) is 6.08 Å².